The highest BCUT2D eigenvalue weighted by molar-refractivity contribution is 5.70. The summed E-state index contributed by atoms with van der Waals surface area (Å²) < 4.78 is 5.92. The van der Waals surface area contributed by atoms with Crippen LogP contribution in [0.4, 0.5) is 4.79 Å². The fourth-order valence-corrected chi connectivity index (χ4v) is 2.91. The lowest BCUT2D eigenvalue weighted by molar-refractivity contribution is -0.0431. The summed E-state index contributed by atoms with van der Waals surface area (Å²) >= 11 is 0. The molecule has 3 N–H and O–H groups in total. The Morgan fingerprint density at radius 3 is 2.67 bits per heavy atom. The summed E-state index contributed by atoms with van der Waals surface area (Å²) in [4.78, 5) is 10.9. The van der Waals surface area contributed by atoms with Crippen LogP contribution in [0.3, 0.4) is 0 Å². The quantitative estimate of drug-likeness (QED) is 0.624. The van der Waals surface area contributed by atoms with Gasteiger partial charge in [0.05, 0.1) is 6.54 Å². The predicted octanol–water partition coefficient (Wildman–Crippen LogP) is 3.91. The maximum Gasteiger partial charge on any atom is 0.338 e. The minimum atomic E-state index is -0.812. The van der Waals surface area contributed by atoms with E-state index in [1.165, 1.54) is 5.56 Å². The van der Waals surface area contributed by atoms with Crippen molar-refractivity contribution >= 4 is 6.03 Å². The maximum atomic E-state index is 10.9. The average Bonchev–Trinajstić information content (AvgIpc) is 3.35. The van der Waals surface area contributed by atoms with Gasteiger partial charge >= 0.3 is 6.03 Å². The van der Waals surface area contributed by atoms with E-state index in [0.717, 1.165) is 29.9 Å². The smallest absolute Gasteiger partial charge is 0.338 e. The first-order chi connectivity index (χ1) is 11.6. The van der Waals surface area contributed by atoms with Crippen molar-refractivity contribution in [2.45, 2.75) is 25.7 Å². The van der Waals surface area contributed by atoms with Gasteiger partial charge in [0.1, 0.15) is 11.5 Å². The molecular weight excluding hydrogens is 304 g/mol. The highest BCUT2D eigenvalue weighted by Crippen LogP contribution is 2.48. The number of carbonyl (C=O) groups excluding carboxylic acids is 1. The van der Waals surface area contributed by atoms with Crippen molar-refractivity contribution in [2.75, 3.05) is 6.54 Å². The van der Waals surface area contributed by atoms with Gasteiger partial charge in [-0.25, -0.2) is 9.86 Å². The molecule has 5 nitrogen and oxygen atoms in total. The molecule has 0 spiro atoms. The number of carbonyl (C=O) groups is 1. The molecular formula is C19H22N2O3. The Morgan fingerprint density at radius 1 is 1.25 bits per heavy atom. The molecule has 5 heteroatoms. The molecule has 2 atom stereocenters. The molecule has 1 fully saturated rings. The molecule has 0 radical (unpaired) electrons. The third kappa shape index (κ3) is 3.86. The van der Waals surface area contributed by atoms with E-state index in [1.807, 2.05) is 36.4 Å². The summed E-state index contributed by atoms with van der Waals surface area (Å²) in [6.07, 6.45) is 1.94. The fourth-order valence-electron chi connectivity index (χ4n) is 2.91. The number of benzene rings is 2. The van der Waals surface area contributed by atoms with E-state index in [0.29, 0.717) is 11.0 Å². The van der Waals surface area contributed by atoms with Crippen LogP contribution in [-0.2, 0) is 6.42 Å². The van der Waals surface area contributed by atoms with Crippen molar-refractivity contribution in [3.05, 3.63) is 59.7 Å². The zero-order valence-electron chi connectivity index (χ0n) is 13.7. The van der Waals surface area contributed by atoms with Crippen LogP contribution in [0.2, 0.25) is 0 Å². The molecule has 0 aromatic heterocycles. The van der Waals surface area contributed by atoms with Crippen molar-refractivity contribution in [2.24, 2.45) is 11.7 Å². The number of ether oxygens (including phenoxy) is 1. The van der Waals surface area contributed by atoms with Crippen molar-refractivity contribution < 1.29 is 14.7 Å². The number of hydroxylamine groups is 2. The number of hydrogen-bond donors (Lipinski definition) is 2. The molecule has 2 aromatic rings. The first-order valence-electron chi connectivity index (χ1n) is 8.19. The normalized spacial score (nSPS) is 18.9. The zero-order valence-corrected chi connectivity index (χ0v) is 13.7. The maximum absolute atomic E-state index is 10.9. The number of primary amides is 1. The van der Waals surface area contributed by atoms with Gasteiger partial charge in [-0.1, -0.05) is 31.2 Å². The van der Waals surface area contributed by atoms with Gasteiger partial charge < -0.3 is 10.5 Å². The Hall–Kier alpha value is -2.53. The third-order valence-electron chi connectivity index (χ3n) is 4.44. The van der Waals surface area contributed by atoms with Crippen molar-refractivity contribution in [1.29, 1.82) is 0 Å². The monoisotopic (exact) mass is 326 g/mol. The fraction of sp³-hybridized carbons (Fsp3) is 0.316. The topological polar surface area (TPSA) is 75.8 Å². The summed E-state index contributed by atoms with van der Waals surface area (Å²) in [6, 6.07) is 15.2. The van der Waals surface area contributed by atoms with E-state index in [-0.39, 0.29) is 12.5 Å². The van der Waals surface area contributed by atoms with Gasteiger partial charge in [-0.05, 0) is 60.1 Å². The Kier molecular flexibility index (Phi) is 4.71. The molecule has 24 heavy (non-hydrogen) atoms. The lowest BCUT2D eigenvalue weighted by Crippen LogP contribution is -2.34. The van der Waals surface area contributed by atoms with Gasteiger partial charge in [-0.2, -0.15) is 0 Å². The lowest BCUT2D eigenvalue weighted by atomic mass is 10.1. The molecule has 1 aliphatic rings. The molecule has 0 unspecified atom stereocenters. The molecule has 3 rings (SSSR count). The Balaban J connectivity index is 1.63. The van der Waals surface area contributed by atoms with Gasteiger partial charge in [0.15, 0.2) is 0 Å². The number of hydrogen-bond acceptors (Lipinski definition) is 3. The Morgan fingerprint density at radius 2 is 2.00 bits per heavy atom. The molecule has 126 valence electrons. The molecule has 0 aliphatic heterocycles. The van der Waals surface area contributed by atoms with E-state index in [2.05, 4.69) is 19.1 Å². The summed E-state index contributed by atoms with van der Waals surface area (Å²) in [5, 5.41) is 10.0. The highest BCUT2D eigenvalue weighted by Gasteiger charge is 2.40. The molecule has 0 heterocycles. The number of aryl methyl sites for hydroxylation is 1. The minimum Gasteiger partial charge on any atom is -0.457 e. The molecule has 1 aliphatic carbocycles. The largest absolute Gasteiger partial charge is 0.457 e. The summed E-state index contributed by atoms with van der Waals surface area (Å²) in [5.41, 5.74) is 7.47. The number of urea groups is 1. The number of nitrogens with zero attached hydrogens (tertiary/aromatic N) is 1. The highest BCUT2D eigenvalue weighted by atomic mass is 16.5. The number of rotatable bonds is 6. The third-order valence-corrected chi connectivity index (χ3v) is 4.44. The van der Waals surface area contributed by atoms with E-state index in [4.69, 9.17) is 10.5 Å². The van der Waals surface area contributed by atoms with Gasteiger partial charge in [-0.3, -0.25) is 5.21 Å². The van der Waals surface area contributed by atoms with Gasteiger partial charge in [0.25, 0.3) is 0 Å². The van der Waals surface area contributed by atoms with Crippen LogP contribution >= 0.6 is 0 Å². The Labute approximate surface area is 141 Å². The van der Waals surface area contributed by atoms with Gasteiger partial charge in [0, 0.05) is 0 Å². The van der Waals surface area contributed by atoms with Crippen LogP contribution in [0.15, 0.2) is 48.5 Å². The van der Waals surface area contributed by atoms with Crippen molar-refractivity contribution in [3.8, 4) is 11.5 Å². The van der Waals surface area contributed by atoms with Gasteiger partial charge in [-0.15, -0.1) is 0 Å². The average molecular weight is 326 g/mol. The summed E-state index contributed by atoms with van der Waals surface area (Å²) in [7, 11) is 0. The molecule has 0 bridgehead atoms. The van der Waals surface area contributed by atoms with Crippen LogP contribution in [0, 0.1) is 5.92 Å². The number of amides is 2. The second-order valence-corrected chi connectivity index (χ2v) is 6.19. The first kappa shape index (κ1) is 16.3. The Bertz CT molecular complexity index is 715. The molecule has 0 saturated heterocycles. The standard InChI is InChI=1S/C19H22N2O3/c1-2-13-6-8-16(9-7-13)24-17-5-3-4-14(10-17)18-11-15(18)12-21(23)19(20)22/h3-10,15,18,23H,2,11-12H2,1H3,(H2,20,22)/t15-,18-/m0/s1. The van der Waals surface area contributed by atoms with Crippen LogP contribution in [0.25, 0.3) is 0 Å². The zero-order chi connectivity index (χ0) is 17.1. The van der Waals surface area contributed by atoms with Crippen LogP contribution < -0.4 is 10.5 Å². The second-order valence-electron chi connectivity index (χ2n) is 6.19. The van der Waals surface area contributed by atoms with E-state index in [1.54, 1.807) is 0 Å². The van der Waals surface area contributed by atoms with E-state index >= 15 is 0 Å². The lowest BCUT2D eigenvalue weighted by Gasteiger charge is -2.11. The van der Waals surface area contributed by atoms with Crippen molar-refractivity contribution in [1.82, 2.24) is 5.06 Å². The van der Waals surface area contributed by atoms with Gasteiger partial charge in [0.2, 0.25) is 0 Å². The molecule has 2 aromatic carbocycles. The predicted molar refractivity (Wildman–Crippen MR) is 91.3 cm³/mol. The van der Waals surface area contributed by atoms with Crippen LogP contribution in [-0.4, -0.2) is 22.8 Å². The second kappa shape index (κ2) is 6.93. The van der Waals surface area contributed by atoms with Crippen LogP contribution in [0.5, 0.6) is 11.5 Å². The van der Waals surface area contributed by atoms with Crippen molar-refractivity contribution in [3.63, 3.8) is 0 Å². The minimum absolute atomic E-state index is 0.238. The molecule has 1 saturated carbocycles. The SMILES string of the molecule is CCc1ccc(Oc2cccc([C@@H]3C[C@H]3CN(O)C(N)=O)c2)cc1. The molecule has 2 amide bonds. The number of nitrogens with two attached hydrogens (primary N) is 1. The summed E-state index contributed by atoms with van der Waals surface area (Å²) in [5.74, 6) is 2.16. The van der Waals surface area contributed by atoms with E-state index in [9.17, 15) is 10.0 Å². The first-order valence-corrected chi connectivity index (χ1v) is 8.19. The van der Waals surface area contributed by atoms with Crippen LogP contribution in [0.1, 0.15) is 30.4 Å². The van der Waals surface area contributed by atoms with E-state index < -0.39 is 6.03 Å². The summed E-state index contributed by atoms with van der Waals surface area (Å²) in [6.45, 7) is 2.39.